The Morgan fingerprint density at radius 2 is 2.25 bits per heavy atom. The third-order valence-corrected chi connectivity index (χ3v) is 3.77. The molecule has 0 aliphatic carbocycles. The van der Waals surface area contributed by atoms with Gasteiger partial charge in [0.2, 0.25) is 0 Å². The molecule has 4 nitrogen and oxygen atoms in total. The van der Waals surface area contributed by atoms with Gasteiger partial charge in [0.1, 0.15) is 5.75 Å². The molecule has 1 atom stereocenters. The van der Waals surface area contributed by atoms with Crippen LogP contribution in [0.1, 0.15) is 24.6 Å². The number of halogens is 1. The Morgan fingerprint density at radius 1 is 1.45 bits per heavy atom. The second-order valence-corrected chi connectivity index (χ2v) is 5.78. The van der Waals surface area contributed by atoms with Gasteiger partial charge in [0.05, 0.1) is 25.7 Å². The lowest BCUT2D eigenvalue weighted by Crippen LogP contribution is -2.21. The summed E-state index contributed by atoms with van der Waals surface area (Å²) in [5, 5.41) is 0. The van der Waals surface area contributed by atoms with Crippen LogP contribution in [0.5, 0.6) is 5.75 Å². The Morgan fingerprint density at radius 3 is 2.95 bits per heavy atom. The number of nitrogens with zero attached hydrogens (tertiary/aromatic N) is 2. The molecule has 0 saturated carbocycles. The number of hydrogen-bond acceptors (Lipinski definition) is 3. The van der Waals surface area contributed by atoms with E-state index in [-0.39, 0.29) is 6.04 Å². The molecule has 0 saturated heterocycles. The van der Waals surface area contributed by atoms with Crippen LogP contribution in [0, 0.1) is 0 Å². The van der Waals surface area contributed by atoms with Gasteiger partial charge in [-0.3, -0.25) is 0 Å². The largest absolute Gasteiger partial charge is 0.496 e. The van der Waals surface area contributed by atoms with E-state index in [1.165, 1.54) is 0 Å². The molecule has 2 aromatic rings. The Labute approximate surface area is 128 Å². The quantitative estimate of drug-likeness (QED) is 0.881. The average Bonchev–Trinajstić information content (AvgIpc) is 2.86. The van der Waals surface area contributed by atoms with Crippen LogP contribution in [0.15, 0.2) is 35.2 Å². The van der Waals surface area contributed by atoms with Crippen molar-refractivity contribution in [2.45, 2.75) is 32.4 Å². The Kier molecular flexibility index (Phi) is 5.20. The third-order valence-electron chi connectivity index (χ3n) is 3.28. The molecular weight excluding hydrogens is 318 g/mol. The van der Waals surface area contributed by atoms with E-state index in [0.29, 0.717) is 0 Å². The van der Waals surface area contributed by atoms with Gasteiger partial charge in [-0.2, -0.15) is 0 Å². The topological polar surface area (TPSA) is 53.1 Å². The van der Waals surface area contributed by atoms with E-state index in [4.69, 9.17) is 10.5 Å². The van der Waals surface area contributed by atoms with Crippen molar-refractivity contribution < 1.29 is 4.74 Å². The van der Waals surface area contributed by atoms with E-state index < -0.39 is 0 Å². The summed E-state index contributed by atoms with van der Waals surface area (Å²) in [4.78, 5) is 4.41. The van der Waals surface area contributed by atoms with Crippen LogP contribution in [0.2, 0.25) is 0 Å². The van der Waals surface area contributed by atoms with Gasteiger partial charge in [-0.25, -0.2) is 4.98 Å². The van der Waals surface area contributed by atoms with Crippen LogP contribution in [0.4, 0.5) is 0 Å². The molecule has 1 heterocycles. The second-order valence-electron chi connectivity index (χ2n) is 4.87. The van der Waals surface area contributed by atoms with Crippen LogP contribution in [0.25, 0.3) is 0 Å². The lowest BCUT2D eigenvalue weighted by Gasteiger charge is -2.09. The monoisotopic (exact) mass is 337 g/mol. The minimum atomic E-state index is 0.179. The molecule has 2 rings (SSSR count). The zero-order chi connectivity index (χ0) is 14.5. The van der Waals surface area contributed by atoms with Crippen LogP contribution in [-0.4, -0.2) is 22.7 Å². The first-order chi connectivity index (χ1) is 9.62. The highest BCUT2D eigenvalue weighted by Crippen LogP contribution is 2.23. The van der Waals surface area contributed by atoms with Crippen LogP contribution < -0.4 is 10.5 Å². The lowest BCUT2D eigenvalue weighted by molar-refractivity contribution is 0.408. The van der Waals surface area contributed by atoms with Crippen LogP contribution in [-0.2, 0) is 13.0 Å². The minimum absolute atomic E-state index is 0.179. The van der Waals surface area contributed by atoms with Gasteiger partial charge >= 0.3 is 0 Å². The summed E-state index contributed by atoms with van der Waals surface area (Å²) in [6.07, 6.45) is 5.68. The molecule has 2 N–H and O–H groups in total. The molecule has 0 spiro atoms. The molecule has 0 fully saturated rings. The fourth-order valence-corrected chi connectivity index (χ4v) is 2.49. The zero-order valence-electron chi connectivity index (χ0n) is 11.8. The number of benzene rings is 1. The van der Waals surface area contributed by atoms with Gasteiger partial charge in [-0.05, 0) is 24.6 Å². The molecular formula is C15H20BrN3O. The van der Waals surface area contributed by atoms with E-state index in [1.54, 1.807) is 7.11 Å². The Balaban J connectivity index is 2.12. The van der Waals surface area contributed by atoms with Crippen LogP contribution in [0.3, 0.4) is 0 Å². The molecule has 0 aliphatic rings. The number of methoxy groups -OCH3 is 1. The van der Waals surface area contributed by atoms with Gasteiger partial charge in [-0.15, -0.1) is 0 Å². The summed E-state index contributed by atoms with van der Waals surface area (Å²) in [5.74, 6) is 0.883. The van der Waals surface area contributed by atoms with Gasteiger partial charge in [0.25, 0.3) is 0 Å². The molecule has 108 valence electrons. The van der Waals surface area contributed by atoms with Gasteiger partial charge in [0.15, 0.2) is 0 Å². The average molecular weight is 338 g/mol. The predicted octanol–water partition coefficient (Wildman–Crippen LogP) is 2.98. The van der Waals surface area contributed by atoms with E-state index in [0.717, 1.165) is 40.9 Å². The van der Waals surface area contributed by atoms with E-state index in [2.05, 4.69) is 44.7 Å². The van der Waals surface area contributed by atoms with Gasteiger partial charge in [-0.1, -0.05) is 22.9 Å². The Bertz CT molecular complexity index is 568. The van der Waals surface area contributed by atoms with E-state index in [9.17, 15) is 0 Å². The summed E-state index contributed by atoms with van der Waals surface area (Å²) in [7, 11) is 1.69. The molecule has 0 aliphatic heterocycles. The molecule has 0 amide bonds. The zero-order valence-corrected chi connectivity index (χ0v) is 13.4. The van der Waals surface area contributed by atoms with Crippen molar-refractivity contribution in [2.24, 2.45) is 5.73 Å². The smallest absolute Gasteiger partial charge is 0.123 e. The number of nitrogens with two attached hydrogens (primary N) is 1. The third kappa shape index (κ3) is 3.84. The number of imidazole rings is 1. The molecule has 5 heteroatoms. The first kappa shape index (κ1) is 15.1. The minimum Gasteiger partial charge on any atom is -0.496 e. The maximum atomic E-state index is 5.96. The molecule has 0 radical (unpaired) electrons. The Hall–Kier alpha value is -1.33. The highest BCUT2D eigenvalue weighted by Gasteiger charge is 2.08. The predicted molar refractivity (Wildman–Crippen MR) is 84.0 cm³/mol. The summed E-state index contributed by atoms with van der Waals surface area (Å²) in [6, 6.07) is 6.18. The van der Waals surface area contributed by atoms with E-state index >= 15 is 0 Å². The van der Waals surface area contributed by atoms with Crippen molar-refractivity contribution in [2.75, 3.05) is 7.11 Å². The summed E-state index contributed by atoms with van der Waals surface area (Å²) in [5.41, 5.74) is 8.11. The summed E-state index contributed by atoms with van der Waals surface area (Å²) in [6.45, 7) is 2.82. The molecule has 20 heavy (non-hydrogen) atoms. The fourth-order valence-electron chi connectivity index (χ4n) is 2.08. The summed E-state index contributed by atoms with van der Waals surface area (Å²) >= 11 is 3.49. The van der Waals surface area contributed by atoms with Gasteiger partial charge < -0.3 is 15.0 Å². The number of hydrogen-bond donors (Lipinski definition) is 1. The molecule has 1 unspecified atom stereocenters. The van der Waals surface area contributed by atoms with Crippen LogP contribution >= 0.6 is 15.9 Å². The first-order valence-corrected chi connectivity index (χ1v) is 7.50. The van der Waals surface area contributed by atoms with Crippen molar-refractivity contribution in [3.8, 4) is 5.75 Å². The van der Waals surface area contributed by atoms with Crippen molar-refractivity contribution in [1.82, 2.24) is 9.55 Å². The number of ether oxygens (including phenoxy) is 1. The van der Waals surface area contributed by atoms with Gasteiger partial charge in [0, 0.05) is 28.7 Å². The SMILES string of the molecule is CCC(N)Cc1cn(Cc2cc(Br)ccc2OC)cn1. The van der Waals surface area contributed by atoms with Crippen molar-refractivity contribution in [3.63, 3.8) is 0 Å². The highest BCUT2D eigenvalue weighted by atomic mass is 79.9. The summed E-state index contributed by atoms with van der Waals surface area (Å²) < 4.78 is 8.49. The standard InChI is InChI=1S/C15H20BrN3O/c1-3-13(17)7-14-9-19(10-18-14)8-11-6-12(16)4-5-15(11)20-2/h4-6,9-10,13H,3,7-8,17H2,1-2H3. The lowest BCUT2D eigenvalue weighted by atomic mass is 10.1. The highest BCUT2D eigenvalue weighted by molar-refractivity contribution is 9.10. The fraction of sp³-hybridized carbons (Fsp3) is 0.400. The maximum Gasteiger partial charge on any atom is 0.123 e. The molecule has 0 bridgehead atoms. The van der Waals surface area contributed by atoms with Crippen molar-refractivity contribution in [1.29, 1.82) is 0 Å². The number of rotatable bonds is 6. The molecule has 1 aromatic carbocycles. The number of aromatic nitrogens is 2. The normalized spacial score (nSPS) is 12.4. The second kappa shape index (κ2) is 6.90. The molecule has 1 aromatic heterocycles. The van der Waals surface area contributed by atoms with Crippen molar-refractivity contribution >= 4 is 15.9 Å². The van der Waals surface area contributed by atoms with E-state index in [1.807, 2.05) is 18.5 Å². The first-order valence-electron chi connectivity index (χ1n) is 6.71. The maximum absolute atomic E-state index is 5.96. The van der Waals surface area contributed by atoms with Crippen molar-refractivity contribution in [3.05, 3.63) is 46.5 Å².